The summed E-state index contributed by atoms with van der Waals surface area (Å²) in [5, 5.41) is 4.04. The number of nitrogens with zero attached hydrogens (tertiary/aromatic N) is 2. The molecule has 0 aliphatic heterocycles. The van der Waals surface area contributed by atoms with Gasteiger partial charge < -0.3 is 10.3 Å². The molecule has 1 rings (SSSR count). The molecule has 3 unspecified atom stereocenters. The number of nitrogens with two attached hydrogens (primary N) is 1. The molecule has 0 aromatic carbocycles. The van der Waals surface area contributed by atoms with Gasteiger partial charge in [-0.25, -0.2) is 0 Å². The standard InChI is InChI=1S/C13H25N3O/c1-5-9(2)12-15-13(17-16-12)10(3)7-6-8-11(4)14/h9-11H,5-8,14H2,1-4H3. The average molecular weight is 239 g/mol. The van der Waals surface area contributed by atoms with Crippen molar-refractivity contribution in [2.24, 2.45) is 5.73 Å². The molecule has 0 radical (unpaired) electrons. The lowest BCUT2D eigenvalue weighted by atomic mass is 10.0. The van der Waals surface area contributed by atoms with Crippen molar-refractivity contribution in [1.29, 1.82) is 0 Å². The SMILES string of the molecule is CCC(C)c1noc(C(C)CCCC(C)N)n1. The Labute approximate surface area is 104 Å². The third-order valence-corrected chi connectivity index (χ3v) is 3.23. The summed E-state index contributed by atoms with van der Waals surface area (Å²) in [6.07, 6.45) is 4.26. The van der Waals surface area contributed by atoms with Crippen LogP contribution < -0.4 is 5.73 Å². The predicted molar refractivity (Wildman–Crippen MR) is 68.9 cm³/mol. The molecule has 0 saturated heterocycles. The highest BCUT2D eigenvalue weighted by Crippen LogP contribution is 2.22. The van der Waals surface area contributed by atoms with Crippen LogP contribution in [0.15, 0.2) is 4.52 Å². The van der Waals surface area contributed by atoms with Crippen LogP contribution in [0.1, 0.15) is 76.9 Å². The first kappa shape index (κ1) is 14.2. The fourth-order valence-corrected chi connectivity index (χ4v) is 1.70. The molecule has 17 heavy (non-hydrogen) atoms. The summed E-state index contributed by atoms with van der Waals surface area (Å²) in [5.74, 6) is 2.31. The van der Waals surface area contributed by atoms with Crippen molar-refractivity contribution in [3.8, 4) is 0 Å². The van der Waals surface area contributed by atoms with Crippen molar-refractivity contribution < 1.29 is 4.52 Å². The minimum Gasteiger partial charge on any atom is -0.339 e. The Morgan fingerprint density at radius 2 is 1.88 bits per heavy atom. The van der Waals surface area contributed by atoms with Gasteiger partial charge in [-0.05, 0) is 26.2 Å². The van der Waals surface area contributed by atoms with Gasteiger partial charge in [0, 0.05) is 17.9 Å². The largest absolute Gasteiger partial charge is 0.339 e. The predicted octanol–water partition coefficient (Wildman–Crippen LogP) is 3.20. The van der Waals surface area contributed by atoms with Crippen molar-refractivity contribution in [3.63, 3.8) is 0 Å². The van der Waals surface area contributed by atoms with Gasteiger partial charge in [0.2, 0.25) is 5.89 Å². The second kappa shape index (κ2) is 6.74. The number of aromatic nitrogens is 2. The third kappa shape index (κ3) is 4.46. The van der Waals surface area contributed by atoms with Gasteiger partial charge in [-0.15, -0.1) is 0 Å². The van der Waals surface area contributed by atoms with E-state index >= 15 is 0 Å². The molecule has 4 heteroatoms. The first-order valence-electron chi connectivity index (χ1n) is 6.63. The normalized spacial score (nSPS) is 16.8. The molecule has 1 aromatic rings. The first-order chi connectivity index (χ1) is 8.04. The summed E-state index contributed by atoms with van der Waals surface area (Å²) in [7, 11) is 0. The molecular weight excluding hydrogens is 214 g/mol. The van der Waals surface area contributed by atoms with Crippen LogP contribution in [0.4, 0.5) is 0 Å². The molecule has 4 nitrogen and oxygen atoms in total. The summed E-state index contributed by atoms with van der Waals surface area (Å²) in [4.78, 5) is 4.47. The fourth-order valence-electron chi connectivity index (χ4n) is 1.70. The molecule has 98 valence electrons. The van der Waals surface area contributed by atoms with Crippen molar-refractivity contribution in [3.05, 3.63) is 11.7 Å². The van der Waals surface area contributed by atoms with E-state index in [-0.39, 0.29) is 6.04 Å². The summed E-state index contributed by atoms with van der Waals surface area (Å²) >= 11 is 0. The second-order valence-corrected chi connectivity index (χ2v) is 5.11. The molecule has 0 fully saturated rings. The minimum absolute atomic E-state index is 0.278. The molecule has 0 saturated carbocycles. The van der Waals surface area contributed by atoms with E-state index in [1.165, 1.54) is 0 Å². The zero-order chi connectivity index (χ0) is 12.8. The zero-order valence-electron chi connectivity index (χ0n) is 11.4. The molecule has 3 atom stereocenters. The van der Waals surface area contributed by atoms with E-state index in [2.05, 4.69) is 30.9 Å². The lowest BCUT2D eigenvalue weighted by molar-refractivity contribution is 0.344. The summed E-state index contributed by atoms with van der Waals surface area (Å²) in [6.45, 7) is 8.43. The van der Waals surface area contributed by atoms with E-state index in [0.29, 0.717) is 11.8 Å². The van der Waals surface area contributed by atoms with Crippen LogP contribution in [0.3, 0.4) is 0 Å². The Morgan fingerprint density at radius 1 is 1.18 bits per heavy atom. The van der Waals surface area contributed by atoms with Crippen LogP contribution in [-0.2, 0) is 0 Å². The maximum atomic E-state index is 5.73. The topological polar surface area (TPSA) is 64.9 Å². The quantitative estimate of drug-likeness (QED) is 0.793. The zero-order valence-corrected chi connectivity index (χ0v) is 11.4. The van der Waals surface area contributed by atoms with Crippen molar-refractivity contribution in [2.45, 2.75) is 71.3 Å². The maximum Gasteiger partial charge on any atom is 0.229 e. The summed E-state index contributed by atoms with van der Waals surface area (Å²) in [6, 6.07) is 0.278. The number of hydrogen-bond donors (Lipinski definition) is 1. The van der Waals surface area contributed by atoms with Gasteiger partial charge in [0.1, 0.15) is 0 Å². The Bertz CT molecular complexity index is 322. The molecular formula is C13H25N3O. The highest BCUT2D eigenvalue weighted by atomic mass is 16.5. The third-order valence-electron chi connectivity index (χ3n) is 3.23. The second-order valence-electron chi connectivity index (χ2n) is 5.11. The van der Waals surface area contributed by atoms with Gasteiger partial charge in [-0.3, -0.25) is 0 Å². The fraction of sp³-hybridized carbons (Fsp3) is 0.846. The van der Waals surface area contributed by atoms with Gasteiger partial charge in [0.15, 0.2) is 5.82 Å². The smallest absolute Gasteiger partial charge is 0.229 e. The lowest BCUT2D eigenvalue weighted by Crippen LogP contribution is -2.14. The summed E-state index contributed by atoms with van der Waals surface area (Å²) in [5.41, 5.74) is 5.73. The first-order valence-corrected chi connectivity index (χ1v) is 6.63. The van der Waals surface area contributed by atoms with E-state index in [4.69, 9.17) is 10.3 Å². The van der Waals surface area contributed by atoms with Gasteiger partial charge in [-0.1, -0.05) is 32.3 Å². The summed E-state index contributed by atoms with van der Waals surface area (Å²) < 4.78 is 5.31. The van der Waals surface area contributed by atoms with Crippen LogP contribution in [0.5, 0.6) is 0 Å². The van der Waals surface area contributed by atoms with E-state index in [1.807, 2.05) is 6.92 Å². The molecule has 0 spiro atoms. The molecule has 1 aromatic heterocycles. The van der Waals surface area contributed by atoms with E-state index in [0.717, 1.165) is 37.4 Å². The van der Waals surface area contributed by atoms with Gasteiger partial charge in [-0.2, -0.15) is 4.98 Å². The Kier molecular flexibility index (Phi) is 5.62. The Hall–Kier alpha value is -0.900. The van der Waals surface area contributed by atoms with E-state index in [1.54, 1.807) is 0 Å². The monoisotopic (exact) mass is 239 g/mol. The molecule has 0 aliphatic rings. The average Bonchev–Trinajstić information content (AvgIpc) is 2.76. The van der Waals surface area contributed by atoms with Crippen LogP contribution in [0.2, 0.25) is 0 Å². The number of hydrogen-bond acceptors (Lipinski definition) is 4. The maximum absolute atomic E-state index is 5.73. The molecule has 0 bridgehead atoms. The van der Waals surface area contributed by atoms with E-state index in [9.17, 15) is 0 Å². The van der Waals surface area contributed by atoms with Crippen LogP contribution in [0, 0.1) is 0 Å². The highest BCUT2D eigenvalue weighted by molar-refractivity contribution is 4.96. The van der Waals surface area contributed by atoms with Crippen molar-refractivity contribution >= 4 is 0 Å². The Balaban J connectivity index is 2.46. The van der Waals surface area contributed by atoms with Crippen LogP contribution in [0.25, 0.3) is 0 Å². The Morgan fingerprint density at radius 3 is 2.47 bits per heavy atom. The number of rotatable bonds is 7. The van der Waals surface area contributed by atoms with Crippen LogP contribution >= 0.6 is 0 Å². The minimum atomic E-state index is 0.278. The highest BCUT2D eigenvalue weighted by Gasteiger charge is 2.16. The molecule has 1 heterocycles. The molecule has 0 amide bonds. The van der Waals surface area contributed by atoms with Gasteiger partial charge >= 0.3 is 0 Å². The van der Waals surface area contributed by atoms with Crippen molar-refractivity contribution in [2.75, 3.05) is 0 Å². The van der Waals surface area contributed by atoms with Gasteiger partial charge in [0.05, 0.1) is 0 Å². The lowest BCUT2D eigenvalue weighted by Gasteiger charge is -2.07. The molecule has 0 aliphatic carbocycles. The van der Waals surface area contributed by atoms with E-state index < -0.39 is 0 Å². The van der Waals surface area contributed by atoms with Crippen LogP contribution in [-0.4, -0.2) is 16.2 Å². The van der Waals surface area contributed by atoms with Crippen molar-refractivity contribution in [1.82, 2.24) is 10.1 Å². The van der Waals surface area contributed by atoms with Gasteiger partial charge in [0.25, 0.3) is 0 Å². The molecule has 2 N–H and O–H groups in total.